The number of benzene rings is 1. The van der Waals surface area contributed by atoms with Crippen LogP contribution in [0.1, 0.15) is 23.2 Å². The number of carbonyl (C=O) groups excluding carboxylic acids is 1. The number of nitrogens with one attached hydrogen (secondary N) is 2. The number of rotatable bonds is 2. The van der Waals surface area contributed by atoms with Crippen molar-refractivity contribution in [2.75, 3.05) is 13.1 Å². The molecule has 1 fully saturated rings. The quantitative estimate of drug-likeness (QED) is 0.870. The summed E-state index contributed by atoms with van der Waals surface area (Å²) in [5, 5.41) is 6.32. The van der Waals surface area contributed by atoms with Gasteiger partial charge in [-0.2, -0.15) is 0 Å². The summed E-state index contributed by atoms with van der Waals surface area (Å²) in [7, 11) is 0. The number of carbonyl (C=O) groups is 1. The molecule has 0 spiro atoms. The Morgan fingerprint density at radius 2 is 2.25 bits per heavy atom. The van der Waals surface area contributed by atoms with Crippen LogP contribution >= 0.6 is 15.9 Å². The van der Waals surface area contributed by atoms with Crippen molar-refractivity contribution in [1.29, 1.82) is 0 Å². The first-order valence-corrected chi connectivity index (χ1v) is 6.33. The molecule has 0 aliphatic carbocycles. The lowest BCUT2D eigenvalue weighted by Gasteiger charge is -2.23. The maximum Gasteiger partial charge on any atom is 0.252 e. The van der Waals surface area contributed by atoms with Crippen molar-refractivity contribution >= 4 is 21.8 Å². The fraction of sp³-hybridized carbons (Fsp3) is 0.417. The largest absolute Gasteiger partial charge is 0.348 e. The van der Waals surface area contributed by atoms with Gasteiger partial charge in [0.1, 0.15) is 0 Å². The van der Waals surface area contributed by atoms with Crippen molar-refractivity contribution in [2.24, 2.45) is 0 Å². The zero-order valence-corrected chi connectivity index (χ0v) is 10.6. The zero-order valence-electron chi connectivity index (χ0n) is 9.00. The molecule has 1 heterocycles. The Morgan fingerprint density at radius 3 is 2.94 bits per heavy atom. The molecule has 86 valence electrons. The van der Waals surface area contributed by atoms with Gasteiger partial charge in [0, 0.05) is 17.1 Å². The SMILES string of the molecule is O=C(N[C@H]1CCCNC1)c1ccccc1Br. The first kappa shape index (κ1) is 11.6. The molecule has 0 saturated carbocycles. The van der Waals surface area contributed by atoms with Gasteiger partial charge in [0.25, 0.3) is 5.91 Å². The first-order valence-electron chi connectivity index (χ1n) is 5.53. The van der Waals surface area contributed by atoms with Gasteiger partial charge in [0.05, 0.1) is 5.56 Å². The number of hydrogen-bond acceptors (Lipinski definition) is 2. The average molecular weight is 283 g/mol. The van der Waals surface area contributed by atoms with Crippen LogP contribution in [-0.2, 0) is 0 Å². The van der Waals surface area contributed by atoms with E-state index in [4.69, 9.17) is 0 Å². The molecule has 1 aromatic rings. The van der Waals surface area contributed by atoms with E-state index in [1.165, 1.54) is 0 Å². The Balaban J connectivity index is 2.00. The van der Waals surface area contributed by atoms with Crippen molar-refractivity contribution < 1.29 is 4.79 Å². The van der Waals surface area contributed by atoms with Gasteiger partial charge in [-0.1, -0.05) is 12.1 Å². The maximum absolute atomic E-state index is 12.0. The van der Waals surface area contributed by atoms with E-state index in [2.05, 4.69) is 26.6 Å². The lowest BCUT2D eigenvalue weighted by molar-refractivity contribution is 0.0930. The molecule has 1 saturated heterocycles. The number of hydrogen-bond donors (Lipinski definition) is 2. The van der Waals surface area contributed by atoms with Gasteiger partial charge in [-0.05, 0) is 47.4 Å². The molecule has 1 aliphatic heterocycles. The second kappa shape index (κ2) is 5.46. The van der Waals surface area contributed by atoms with E-state index in [0.29, 0.717) is 5.56 Å². The Bertz CT molecular complexity index is 375. The molecule has 1 aliphatic rings. The molecule has 1 aromatic carbocycles. The number of halogens is 1. The van der Waals surface area contributed by atoms with E-state index >= 15 is 0 Å². The number of piperidine rings is 1. The fourth-order valence-corrected chi connectivity index (χ4v) is 2.35. The van der Waals surface area contributed by atoms with E-state index < -0.39 is 0 Å². The predicted molar refractivity (Wildman–Crippen MR) is 67.5 cm³/mol. The second-order valence-corrected chi connectivity index (χ2v) is 4.85. The standard InChI is InChI=1S/C12H15BrN2O/c13-11-6-2-1-5-10(11)12(16)15-9-4-3-7-14-8-9/h1-2,5-6,9,14H,3-4,7-8H2,(H,15,16)/t9-/m0/s1. The highest BCUT2D eigenvalue weighted by Gasteiger charge is 2.17. The molecular weight excluding hydrogens is 268 g/mol. The fourth-order valence-electron chi connectivity index (χ4n) is 1.88. The highest BCUT2D eigenvalue weighted by Crippen LogP contribution is 2.16. The van der Waals surface area contributed by atoms with Gasteiger partial charge in [0.15, 0.2) is 0 Å². The molecule has 0 bridgehead atoms. The monoisotopic (exact) mass is 282 g/mol. The van der Waals surface area contributed by atoms with E-state index in [1.807, 2.05) is 24.3 Å². The van der Waals surface area contributed by atoms with E-state index in [9.17, 15) is 4.79 Å². The van der Waals surface area contributed by atoms with E-state index in [-0.39, 0.29) is 11.9 Å². The van der Waals surface area contributed by atoms with Crippen LogP contribution < -0.4 is 10.6 Å². The van der Waals surface area contributed by atoms with Crippen molar-refractivity contribution in [2.45, 2.75) is 18.9 Å². The van der Waals surface area contributed by atoms with Crippen molar-refractivity contribution in [3.05, 3.63) is 34.3 Å². The third kappa shape index (κ3) is 2.83. The Labute approximate surface area is 104 Å². The topological polar surface area (TPSA) is 41.1 Å². The van der Waals surface area contributed by atoms with E-state index in [0.717, 1.165) is 30.4 Å². The third-order valence-corrected chi connectivity index (χ3v) is 3.44. The molecule has 0 aromatic heterocycles. The van der Waals surface area contributed by atoms with Crippen molar-refractivity contribution in [1.82, 2.24) is 10.6 Å². The Hall–Kier alpha value is -0.870. The predicted octanol–water partition coefficient (Wildman–Crippen LogP) is 1.93. The van der Waals surface area contributed by atoms with Gasteiger partial charge in [-0.3, -0.25) is 4.79 Å². The van der Waals surface area contributed by atoms with Gasteiger partial charge in [0.2, 0.25) is 0 Å². The zero-order chi connectivity index (χ0) is 11.4. The molecular formula is C12H15BrN2O. The second-order valence-electron chi connectivity index (χ2n) is 4.00. The third-order valence-electron chi connectivity index (χ3n) is 2.75. The van der Waals surface area contributed by atoms with Gasteiger partial charge >= 0.3 is 0 Å². The molecule has 0 radical (unpaired) electrons. The van der Waals surface area contributed by atoms with Gasteiger partial charge < -0.3 is 10.6 Å². The minimum absolute atomic E-state index is 0.00109. The lowest BCUT2D eigenvalue weighted by atomic mass is 10.1. The minimum atomic E-state index is 0.00109. The van der Waals surface area contributed by atoms with Crippen LogP contribution in [0.15, 0.2) is 28.7 Å². The van der Waals surface area contributed by atoms with Gasteiger partial charge in [-0.15, -0.1) is 0 Å². The molecule has 4 heteroatoms. The summed E-state index contributed by atoms with van der Waals surface area (Å²) in [6, 6.07) is 7.75. The average Bonchev–Trinajstić information content (AvgIpc) is 2.31. The van der Waals surface area contributed by atoms with E-state index in [1.54, 1.807) is 0 Å². The summed E-state index contributed by atoms with van der Waals surface area (Å²) in [6.45, 7) is 1.93. The molecule has 1 amide bonds. The summed E-state index contributed by atoms with van der Waals surface area (Å²) in [5.74, 6) is 0.00109. The Morgan fingerprint density at radius 1 is 1.44 bits per heavy atom. The van der Waals surface area contributed by atoms with Crippen LogP contribution in [0.3, 0.4) is 0 Å². The molecule has 1 atom stereocenters. The summed E-state index contributed by atoms with van der Waals surface area (Å²) in [6.07, 6.45) is 2.18. The molecule has 2 rings (SSSR count). The molecule has 16 heavy (non-hydrogen) atoms. The highest BCUT2D eigenvalue weighted by molar-refractivity contribution is 9.10. The van der Waals surface area contributed by atoms with Crippen LogP contribution in [0.4, 0.5) is 0 Å². The van der Waals surface area contributed by atoms with Crippen molar-refractivity contribution in [3.8, 4) is 0 Å². The summed E-state index contributed by atoms with van der Waals surface area (Å²) >= 11 is 3.39. The van der Waals surface area contributed by atoms with Crippen LogP contribution in [-0.4, -0.2) is 25.0 Å². The van der Waals surface area contributed by atoms with Crippen LogP contribution in [0, 0.1) is 0 Å². The molecule has 3 nitrogen and oxygen atoms in total. The Kier molecular flexibility index (Phi) is 3.96. The summed E-state index contributed by atoms with van der Waals surface area (Å²) in [4.78, 5) is 12.0. The van der Waals surface area contributed by atoms with Crippen molar-refractivity contribution in [3.63, 3.8) is 0 Å². The molecule has 2 N–H and O–H groups in total. The highest BCUT2D eigenvalue weighted by atomic mass is 79.9. The maximum atomic E-state index is 12.0. The van der Waals surface area contributed by atoms with Gasteiger partial charge in [-0.25, -0.2) is 0 Å². The first-order chi connectivity index (χ1) is 7.77. The minimum Gasteiger partial charge on any atom is -0.348 e. The molecule has 0 unspecified atom stereocenters. The van der Waals surface area contributed by atoms with Crippen LogP contribution in [0.25, 0.3) is 0 Å². The lowest BCUT2D eigenvalue weighted by Crippen LogP contribution is -2.45. The normalized spacial score (nSPS) is 20.4. The number of amides is 1. The van der Waals surface area contributed by atoms with Crippen LogP contribution in [0.2, 0.25) is 0 Å². The van der Waals surface area contributed by atoms with Crippen LogP contribution in [0.5, 0.6) is 0 Å². The smallest absolute Gasteiger partial charge is 0.252 e. The summed E-state index contributed by atoms with van der Waals surface area (Å²) < 4.78 is 0.844. The summed E-state index contributed by atoms with van der Waals surface area (Å²) in [5.41, 5.74) is 0.702.